The van der Waals surface area contributed by atoms with Gasteiger partial charge in [0.05, 0.1) is 16.6 Å². The van der Waals surface area contributed by atoms with Gasteiger partial charge in [-0.2, -0.15) is 4.98 Å². The maximum absolute atomic E-state index is 13.4. The van der Waals surface area contributed by atoms with Gasteiger partial charge in [-0.3, -0.25) is 0 Å². The van der Waals surface area contributed by atoms with Gasteiger partial charge in [-0.05, 0) is 55.8 Å². The number of rotatable bonds is 6. The molecule has 0 aliphatic carbocycles. The van der Waals surface area contributed by atoms with E-state index in [1.54, 1.807) is 36.4 Å². The number of halogens is 2. The lowest BCUT2D eigenvalue weighted by Crippen LogP contribution is -2.37. The lowest BCUT2D eigenvalue weighted by molar-refractivity contribution is 0.195. The van der Waals surface area contributed by atoms with Gasteiger partial charge in [0.1, 0.15) is 5.82 Å². The Morgan fingerprint density at radius 2 is 2.00 bits per heavy atom. The second-order valence-electron chi connectivity index (χ2n) is 7.38. The van der Waals surface area contributed by atoms with Crippen LogP contribution in [0.15, 0.2) is 62.4 Å². The summed E-state index contributed by atoms with van der Waals surface area (Å²) in [5.41, 5.74) is 0.568. The number of piperidine rings is 1. The largest absolute Gasteiger partial charge is 0.339 e. The fraction of sp³-hybridized carbons (Fsp3) is 0.333. The fourth-order valence-electron chi connectivity index (χ4n) is 3.62. The lowest BCUT2D eigenvalue weighted by Gasteiger charge is -2.30. The van der Waals surface area contributed by atoms with Crippen LogP contribution in [0.2, 0.25) is 0 Å². The normalized spacial score (nSPS) is 17.9. The van der Waals surface area contributed by atoms with Crippen molar-refractivity contribution in [3.8, 4) is 11.4 Å². The molecule has 0 N–H and O–H groups in total. The second-order valence-corrected chi connectivity index (χ2v) is 10.4. The Morgan fingerprint density at radius 3 is 2.77 bits per heavy atom. The molecule has 0 saturated carbocycles. The highest BCUT2D eigenvalue weighted by atomic mass is 79.9. The predicted octanol–water partition coefficient (Wildman–Crippen LogP) is 4.29. The van der Waals surface area contributed by atoms with Crippen molar-refractivity contribution in [2.24, 2.45) is 0 Å². The summed E-state index contributed by atoms with van der Waals surface area (Å²) in [6.45, 7) is 1.93. The Bertz CT molecular complexity index is 1120. The number of hydrogen-bond donors (Lipinski definition) is 0. The third-order valence-corrected chi connectivity index (χ3v) is 7.47. The van der Waals surface area contributed by atoms with Gasteiger partial charge < -0.3 is 9.42 Å². The third kappa shape index (κ3) is 4.96. The Morgan fingerprint density at radius 1 is 1.20 bits per heavy atom. The van der Waals surface area contributed by atoms with E-state index in [0.717, 1.165) is 23.9 Å². The monoisotopic (exact) mass is 493 g/mol. The molecule has 1 fully saturated rings. The molecule has 158 valence electrons. The van der Waals surface area contributed by atoms with Crippen molar-refractivity contribution in [1.29, 1.82) is 0 Å². The van der Waals surface area contributed by atoms with E-state index in [4.69, 9.17) is 4.52 Å². The first-order valence-electron chi connectivity index (χ1n) is 9.71. The maximum atomic E-state index is 13.4. The quantitative estimate of drug-likeness (QED) is 0.509. The molecule has 1 atom stereocenters. The standard InChI is InChI=1S/C21H21BrFN3O3S/c22-17-6-8-19(9-7-17)30(27,28)12-11-26-10-2-4-16(14-26)21-24-20(25-29-21)15-3-1-5-18(23)13-15/h1,3,5-9,13,16H,2,4,10-12,14H2. The van der Waals surface area contributed by atoms with Crippen LogP contribution in [0.25, 0.3) is 11.4 Å². The van der Waals surface area contributed by atoms with Crippen molar-refractivity contribution in [2.75, 3.05) is 25.4 Å². The van der Waals surface area contributed by atoms with Crippen LogP contribution in [0.1, 0.15) is 24.7 Å². The molecule has 4 rings (SSSR count). The smallest absolute Gasteiger partial charge is 0.231 e. The van der Waals surface area contributed by atoms with E-state index in [9.17, 15) is 12.8 Å². The lowest BCUT2D eigenvalue weighted by atomic mass is 9.98. The van der Waals surface area contributed by atoms with E-state index in [0.29, 0.717) is 35.3 Å². The van der Waals surface area contributed by atoms with Gasteiger partial charge in [-0.1, -0.05) is 33.2 Å². The summed E-state index contributed by atoms with van der Waals surface area (Å²) in [4.78, 5) is 6.90. The molecular formula is C21H21BrFN3O3S. The summed E-state index contributed by atoms with van der Waals surface area (Å²) < 4.78 is 45.0. The highest BCUT2D eigenvalue weighted by Crippen LogP contribution is 2.28. The number of aromatic nitrogens is 2. The zero-order chi connectivity index (χ0) is 21.1. The van der Waals surface area contributed by atoms with Crippen LogP contribution in [0, 0.1) is 5.82 Å². The summed E-state index contributed by atoms with van der Waals surface area (Å²) in [6, 6.07) is 12.8. The van der Waals surface area contributed by atoms with Crippen molar-refractivity contribution >= 4 is 25.8 Å². The summed E-state index contributed by atoms with van der Waals surface area (Å²) in [5.74, 6) is 0.604. The van der Waals surface area contributed by atoms with Gasteiger partial charge in [-0.15, -0.1) is 0 Å². The molecule has 3 aromatic rings. The first kappa shape index (κ1) is 21.1. The zero-order valence-electron chi connectivity index (χ0n) is 16.2. The van der Waals surface area contributed by atoms with E-state index in [2.05, 4.69) is 31.0 Å². The zero-order valence-corrected chi connectivity index (χ0v) is 18.6. The number of nitrogens with zero attached hydrogens (tertiary/aromatic N) is 3. The molecule has 1 unspecified atom stereocenters. The Balaban J connectivity index is 1.39. The molecule has 0 spiro atoms. The van der Waals surface area contributed by atoms with Gasteiger partial charge in [0.15, 0.2) is 9.84 Å². The van der Waals surface area contributed by atoms with Gasteiger partial charge in [0.25, 0.3) is 0 Å². The molecule has 1 aliphatic rings. The van der Waals surface area contributed by atoms with Crippen LogP contribution in [0.4, 0.5) is 4.39 Å². The van der Waals surface area contributed by atoms with Crippen LogP contribution in [0.3, 0.4) is 0 Å². The average Bonchev–Trinajstić information content (AvgIpc) is 3.23. The SMILES string of the molecule is O=S(=O)(CCN1CCCC(c2nc(-c3cccc(F)c3)no2)C1)c1ccc(Br)cc1. The number of likely N-dealkylation sites (tertiary alicyclic amines) is 1. The minimum Gasteiger partial charge on any atom is -0.339 e. The fourth-order valence-corrected chi connectivity index (χ4v) is 5.16. The summed E-state index contributed by atoms with van der Waals surface area (Å²) >= 11 is 3.32. The van der Waals surface area contributed by atoms with E-state index < -0.39 is 9.84 Å². The van der Waals surface area contributed by atoms with Crippen LogP contribution in [-0.2, 0) is 9.84 Å². The van der Waals surface area contributed by atoms with E-state index >= 15 is 0 Å². The molecule has 1 aromatic heterocycles. The van der Waals surface area contributed by atoms with E-state index in [1.165, 1.54) is 12.1 Å². The topological polar surface area (TPSA) is 76.3 Å². The van der Waals surface area contributed by atoms with Crippen LogP contribution in [0.5, 0.6) is 0 Å². The summed E-state index contributed by atoms with van der Waals surface area (Å²) in [6.07, 6.45) is 1.81. The predicted molar refractivity (Wildman–Crippen MR) is 114 cm³/mol. The Labute approximate surface area is 183 Å². The van der Waals surface area contributed by atoms with Crippen molar-refractivity contribution in [3.63, 3.8) is 0 Å². The Kier molecular flexibility index (Phi) is 6.31. The summed E-state index contributed by atoms with van der Waals surface area (Å²) in [7, 11) is -3.34. The van der Waals surface area contributed by atoms with E-state index in [-0.39, 0.29) is 17.5 Å². The molecule has 1 saturated heterocycles. The van der Waals surface area contributed by atoms with Crippen LogP contribution >= 0.6 is 15.9 Å². The average molecular weight is 494 g/mol. The molecule has 0 bridgehead atoms. The minimum absolute atomic E-state index is 0.0314. The molecular weight excluding hydrogens is 473 g/mol. The molecule has 6 nitrogen and oxygen atoms in total. The van der Waals surface area contributed by atoms with Crippen LogP contribution < -0.4 is 0 Å². The van der Waals surface area contributed by atoms with E-state index in [1.807, 2.05) is 0 Å². The van der Waals surface area contributed by atoms with Crippen molar-refractivity contribution in [1.82, 2.24) is 15.0 Å². The maximum Gasteiger partial charge on any atom is 0.231 e. The summed E-state index contributed by atoms with van der Waals surface area (Å²) in [5, 5.41) is 3.99. The van der Waals surface area contributed by atoms with Gasteiger partial charge >= 0.3 is 0 Å². The minimum atomic E-state index is -3.34. The van der Waals surface area contributed by atoms with Crippen molar-refractivity contribution in [3.05, 3.63) is 64.7 Å². The third-order valence-electron chi connectivity index (χ3n) is 5.23. The number of benzene rings is 2. The Hall–Kier alpha value is -2.10. The molecule has 0 amide bonds. The first-order valence-corrected chi connectivity index (χ1v) is 12.2. The number of sulfone groups is 1. The first-order chi connectivity index (χ1) is 14.4. The molecule has 0 radical (unpaired) electrons. The molecule has 9 heteroatoms. The van der Waals surface area contributed by atoms with Crippen molar-refractivity contribution in [2.45, 2.75) is 23.7 Å². The molecule has 2 aromatic carbocycles. The molecule has 1 aliphatic heterocycles. The number of hydrogen-bond acceptors (Lipinski definition) is 6. The highest BCUT2D eigenvalue weighted by molar-refractivity contribution is 9.10. The van der Waals surface area contributed by atoms with Gasteiger partial charge in [-0.25, -0.2) is 12.8 Å². The van der Waals surface area contributed by atoms with Crippen LogP contribution in [-0.4, -0.2) is 48.8 Å². The van der Waals surface area contributed by atoms with Gasteiger partial charge in [0.2, 0.25) is 11.7 Å². The second kappa shape index (κ2) is 8.95. The van der Waals surface area contributed by atoms with Crippen molar-refractivity contribution < 1.29 is 17.3 Å². The molecule has 30 heavy (non-hydrogen) atoms. The van der Waals surface area contributed by atoms with Gasteiger partial charge in [0, 0.05) is 23.1 Å². The molecule has 2 heterocycles. The highest BCUT2D eigenvalue weighted by Gasteiger charge is 2.27.